The van der Waals surface area contributed by atoms with Crippen molar-refractivity contribution in [2.45, 2.75) is 39.7 Å². The first kappa shape index (κ1) is 11.9. The van der Waals surface area contributed by atoms with Gasteiger partial charge in [-0.25, -0.2) is 0 Å². The van der Waals surface area contributed by atoms with Crippen molar-refractivity contribution in [2.75, 3.05) is 20.1 Å². The van der Waals surface area contributed by atoms with Crippen molar-refractivity contribution in [1.29, 1.82) is 0 Å². The van der Waals surface area contributed by atoms with Crippen molar-refractivity contribution in [3.05, 3.63) is 0 Å². The summed E-state index contributed by atoms with van der Waals surface area (Å²) in [6, 6.07) is 0.397. The van der Waals surface area contributed by atoms with Crippen LogP contribution >= 0.6 is 0 Å². The standard InChI is InChI=1S/C8H18N2.C2H6/c1-7(9)8-3-5-10(2)6-4-8;1-2/h7-8H,3-6,9H2,1-2H3;1-2H3. The summed E-state index contributed by atoms with van der Waals surface area (Å²) in [5, 5.41) is 0. The summed E-state index contributed by atoms with van der Waals surface area (Å²) < 4.78 is 0. The number of hydrogen-bond acceptors (Lipinski definition) is 2. The van der Waals surface area contributed by atoms with Gasteiger partial charge in [0.2, 0.25) is 0 Å². The van der Waals surface area contributed by atoms with Gasteiger partial charge in [-0.15, -0.1) is 0 Å². The second-order valence-electron chi connectivity index (χ2n) is 3.50. The van der Waals surface area contributed by atoms with Gasteiger partial charge in [-0.3, -0.25) is 0 Å². The molecule has 12 heavy (non-hydrogen) atoms. The third-order valence-electron chi connectivity index (χ3n) is 2.51. The first-order valence-corrected chi connectivity index (χ1v) is 5.14. The van der Waals surface area contributed by atoms with E-state index in [-0.39, 0.29) is 0 Å². The van der Waals surface area contributed by atoms with Crippen LogP contribution < -0.4 is 5.73 Å². The Kier molecular flexibility index (Phi) is 6.39. The van der Waals surface area contributed by atoms with Crippen LogP contribution in [0.3, 0.4) is 0 Å². The molecule has 1 rings (SSSR count). The van der Waals surface area contributed by atoms with Crippen molar-refractivity contribution in [3.8, 4) is 0 Å². The van der Waals surface area contributed by atoms with E-state index in [1.165, 1.54) is 25.9 Å². The monoisotopic (exact) mass is 172 g/mol. The molecule has 1 fully saturated rings. The predicted octanol–water partition coefficient (Wildman–Crippen LogP) is 1.70. The number of nitrogens with zero attached hydrogens (tertiary/aromatic N) is 1. The lowest BCUT2D eigenvalue weighted by Crippen LogP contribution is -2.37. The maximum atomic E-state index is 5.79. The molecule has 0 aromatic carbocycles. The van der Waals surface area contributed by atoms with Crippen molar-refractivity contribution < 1.29 is 0 Å². The molecule has 2 nitrogen and oxygen atoms in total. The SMILES string of the molecule is CC.CC(N)C1CCN(C)CC1. The fourth-order valence-corrected chi connectivity index (χ4v) is 1.55. The van der Waals surface area contributed by atoms with Crippen molar-refractivity contribution in [3.63, 3.8) is 0 Å². The van der Waals surface area contributed by atoms with Gasteiger partial charge in [0.25, 0.3) is 0 Å². The summed E-state index contributed by atoms with van der Waals surface area (Å²) in [5.74, 6) is 0.774. The Bertz CT molecular complexity index is 94.0. The molecule has 0 saturated carbocycles. The Morgan fingerprint density at radius 2 is 1.67 bits per heavy atom. The van der Waals surface area contributed by atoms with Gasteiger partial charge < -0.3 is 10.6 Å². The highest BCUT2D eigenvalue weighted by atomic mass is 15.1. The van der Waals surface area contributed by atoms with Gasteiger partial charge >= 0.3 is 0 Å². The summed E-state index contributed by atoms with van der Waals surface area (Å²) in [6.07, 6.45) is 2.57. The van der Waals surface area contributed by atoms with E-state index >= 15 is 0 Å². The second-order valence-corrected chi connectivity index (χ2v) is 3.50. The van der Waals surface area contributed by atoms with E-state index in [1.807, 2.05) is 13.8 Å². The molecule has 74 valence electrons. The maximum Gasteiger partial charge on any atom is 0.00397 e. The molecule has 1 heterocycles. The predicted molar refractivity (Wildman–Crippen MR) is 55.2 cm³/mol. The normalized spacial score (nSPS) is 22.8. The Hall–Kier alpha value is -0.0800. The Morgan fingerprint density at radius 3 is 2.00 bits per heavy atom. The molecule has 1 aliphatic heterocycles. The zero-order valence-electron chi connectivity index (χ0n) is 9.01. The van der Waals surface area contributed by atoms with E-state index in [1.54, 1.807) is 0 Å². The average Bonchev–Trinajstić information content (AvgIpc) is 2.09. The third-order valence-corrected chi connectivity index (χ3v) is 2.51. The van der Waals surface area contributed by atoms with E-state index in [0.717, 1.165) is 5.92 Å². The number of hydrogen-bond donors (Lipinski definition) is 1. The Balaban J connectivity index is 0.000000561. The zero-order valence-corrected chi connectivity index (χ0v) is 9.01. The van der Waals surface area contributed by atoms with Crippen LogP contribution in [0.15, 0.2) is 0 Å². The van der Waals surface area contributed by atoms with Crippen molar-refractivity contribution in [2.24, 2.45) is 11.7 Å². The first-order chi connectivity index (χ1) is 5.70. The molecular weight excluding hydrogens is 148 g/mol. The van der Waals surface area contributed by atoms with Crippen molar-refractivity contribution in [1.82, 2.24) is 4.90 Å². The summed E-state index contributed by atoms with van der Waals surface area (Å²) in [6.45, 7) is 8.58. The fourth-order valence-electron chi connectivity index (χ4n) is 1.55. The van der Waals surface area contributed by atoms with Gasteiger partial charge in [0.1, 0.15) is 0 Å². The van der Waals surface area contributed by atoms with Crippen LogP contribution in [-0.4, -0.2) is 31.1 Å². The molecule has 0 aliphatic carbocycles. The lowest BCUT2D eigenvalue weighted by atomic mass is 9.91. The van der Waals surface area contributed by atoms with Gasteiger partial charge in [-0.2, -0.15) is 0 Å². The molecule has 0 aromatic heterocycles. The molecule has 1 unspecified atom stereocenters. The van der Waals surface area contributed by atoms with E-state index in [4.69, 9.17) is 5.73 Å². The summed E-state index contributed by atoms with van der Waals surface area (Å²) in [7, 11) is 2.18. The topological polar surface area (TPSA) is 29.3 Å². The highest BCUT2D eigenvalue weighted by Crippen LogP contribution is 2.17. The largest absolute Gasteiger partial charge is 0.328 e. The van der Waals surface area contributed by atoms with E-state index in [2.05, 4.69) is 18.9 Å². The number of rotatable bonds is 1. The molecule has 0 bridgehead atoms. The minimum absolute atomic E-state index is 0.397. The molecule has 1 atom stereocenters. The van der Waals surface area contributed by atoms with Gasteiger partial charge in [-0.1, -0.05) is 13.8 Å². The molecule has 2 heteroatoms. The zero-order chi connectivity index (χ0) is 9.56. The number of nitrogens with two attached hydrogens (primary N) is 1. The molecule has 1 aliphatic rings. The molecule has 2 N–H and O–H groups in total. The van der Waals surface area contributed by atoms with Gasteiger partial charge in [-0.05, 0) is 45.8 Å². The van der Waals surface area contributed by atoms with Crippen LogP contribution in [0.4, 0.5) is 0 Å². The minimum Gasteiger partial charge on any atom is -0.328 e. The van der Waals surface area contributed by atoms with Crippen LogP contribution in [0.1, 0.15) is 33.6 Å². The Labute approximate surface area is 77.1 Å². The van der Waals surface area contributed by atoms with E-state index in [9.17, 15) is 0 Å². The summed E-state index contributed by atoms with van der Waals surface area (Å²) in [5.41, 5.74) is 5.79. The summed E-state index contributed by atoms with van der Waals surface area (Å²) >= 11 is 0. The lowest BCUT2D eigenvalue weighted by Gasteiger charge is -2.30. The van der Waals surface area contributed by atoms with E-state index in [0.29, 0.717) is 6.04 Å². The van der Waals surface area contributed by atoms with Crippen LogP contribution in [-0.2, 0) is 0 Å². The van der Waals surface area contributed by atoms with Gasteiger partial charge in [0, 0.05) is 6.04 Å². The van der Waals surface area contributed by atoms with Crippen LogP contribution in [0.25, 0.3) is 0 Å². The van der Waals surface area contributed by atoms with Crippen LogP contribution in [0.2, 0.25) is 0 Å². The highest BCUT2D eigenvalue weighted by Gasteiger charge is 2.18. The smallest absolute Gasteiger partial charge is 0.00397 e. The van der Waals surface area contributed by atoms with Gasteiger partial charge in [0.15, 0.2) is 0 Å². The molecule has 1 saturated heterocycles. The first-order valence-electron chi connectivity index (χ1n) is 5.14. The number of likely N-dealkylation sites (tertiary alicyclic amines) is 1. The molecule has 0 radical (unpaired) electrons. The maximum absolute atomic E-state index is 5.79. The highest BCUT2D eigenvalue weighted by molar-refractivity contribution is 4.75. The van der Waals surface area contributed by atoms with Crippen LogP contribution in [0.5, 0.6) is 0 Å². The van der Waals surface area contributed by atoms with Crippen molar-refractivity contribution >= 4 is 0 Å². The molecule has 0 aromatic rings. The van der Waals surface area contributed by atoms with Crippen LogP contribution in [0, 0.1) is 5.92 Å². The van der Waals surface area contributed by atoms with E-state index < -0.39 is 0 Å². The lowest BCUT2D eigenvalue weighted by molar-refractivity contribution is 0.203. The number of piperidine rings is 1. The minimum atomic E-state index is 0.397. The Morgan fingerprint density at radius 1 is 1.25 bits per heavy atom. The fraction of sp³-hybridized carbons (Fsp3) is 1.00. The average molecular weight is 172 g/mol. The third kappa shape index (κ3) is 4.07. The summed E-state index contributed by atoms with van der Waals surface area (Å²) in [4.78, 5) is 2.37. The molecular formula is C10H24N2. The molecule has 0 spiro atoms. The quantitative estimate of drug-likeness (QED) is 0.652. The van der Waals surface area contributed by atoms with Gasteiger partial charge in [0.05, 0.1) is 0 Å². The second kappa shape index (κ2) is 6.44. The molecule has 0 amide bonds.